The Morgan fingerprint density at radius 2 is 2.06 bits per heavy atom. The minimum absolute atomic E-state index is 0.0837. The van der Waals surface area contributed by atoms with Crippen molar-refractivity contribution < 1.29 is 9.59 Å². The molecule has 0 aromatic heterocycles. The zero-order chi connectivity index (χ0) is 13.1. The highest BCUT2D eigenvalue weighted by Gasteiger charge is 2.35. The highest BCUT2D eigenvalue weighted by molar-refractivity contribution is 9.10. The van der Waals surface area contributed by atoms with Gasteiger partial charge in [-0.05, 0) is 30.5 Å². The second-order valence-corrected chi connectivity index (χ2v) is 5.47. The molecule has 0 saturated carbocycles. The first-order valence-corrected chi connectivity index (χ1v) is 6.68. The Hall–Kier alpha value is -1.36. The Kier molecular flexibility index (Phi) is 4.01. The van der Waals surface area contributed by atoms with Crippen LogP contribution in [0.1, 0.15) is 18.4 Å². The molecule has 3 N–H and O–H groups in total. The van der Waals surface area contributed by atoms with E-state index in [1.807, 2.05) is 24.3 Å². The van der Waals surface area contributed by atoms with Crippen molar-refractivity contribution in [2.24, 2.45) is 11.7 Å². The molecule has 96 valence electrons. The third-order valence-electron chi connectivity index (χ3n) is 3.26. The van der Waals surface area contributed by atoms with Crippen LogP contribution in [0, 0.1) is 5.92 Å². The first-order chi connectivity index (χ1) is 8.56. The van der Waals surface area contributed by atoms with E-state index < -0.39 is 5.91 Å². The van der Waals surface area contributed by atoms with E-state index in [1.165, 1.54) is 5.56 Å². The van der Waals surface area contributed by atoms with Gasteiger partial charge >= 0.3 is 0 Å². The summed E-state index contributed by atoms with van der Waals surface area (Å²) in [5.74, 6) is -0.846. The molecule has 2 unspecified atom stereocenters. The van der Waals surface area contributed by atoms with Crippen molar-refractivity contribution in [2.45, 2.75) is 25.3 Å². The van der Waals surface area contributed by atoms with Gasteiger partial charge in [-0.25, -0.2) is 0 Å². The van der Waals surface area contributed by atoms with Crippen molar-refractivity contribution in [1.29, 1.82) is 0 Å². The predicted octanol–water partition coefficient (Wildman–Crippen LogP) is 1.37. The summed E-state index contributed by atoms with van der Waals surface area (Å²) in [6.45, 7) is 0. The van der Waals surface area contributed by atoms with Gasteiger partial charge in [0.25, 0.3) is 0 Å². The summed E-state index contributed by atoms with van der Waals surface area (Å²) >= 11 is 3.38. The lowest BCUT2D eigenvalue weighted by Crippen LogP contribution is -2.35. The summed E-state index contributed by atoms with van der Waals surface area (Å²) in [5.41, 5.74) is 6.48. The van der Waals surface area contributed by atoms with E-state index in [9.17, 15) is 9.59 Å². The number of benzene rings is 1. The Morgan fingerprint density at radius 1 is 1.39 bits per heavy atom. The molecule has 2 rings (SSSR count). The zero-order valence-electron chi connectivity index (χ0n) is 9.86. The first kappa shape index (κ1) is 13.1. The number of aryl methyl sites for hydroxylation is 1. The molecular weight excluding hydrogens is 296 g/mol. The quantitative estimate of drug-likeness (QED) is 0.881. The van der Waals surface area contributed by atoms with Gasteiger partial charge in [0.05, 0.1) is 5.92 Å². The van der Waals surface area contributed by atoms with E-state index in [1.54, 1.807) is 0 Å². The molecule has 0 bridgehead atoms. The van der Waals surface area contributed by atoms with E-state index >= 15 is 0 Å². The number of amides is 2. The largest absolute Gasteiger partial charge is 0.369 e. The standard InChI is InChI=1S/C13H15BrN2O2/c14-9-4-1-8(2-5-9)3-6-11-10(13(15)18)7-12(17)16-11/h1-2,4-5,10-11H,3,6-7H2,(H2,15,18)(H,16,17). The number of hydrogen-bond donors (Lipinski definition) is 2. The molecule has 2 atom stereocenters. The molecule has 4 nitrogen and oxygen atoms in total. The van der Waals surface area contributed by atoms with Crippen molar-refractivity contribution in [1.82, 2.24) is 5.32 Å². The molecule has 5 heteroatoms. The maximum absolute atomic E-state index is 11.3. The van der Waals surface area contributed by atoms with Gasteiger partial charge in [0, 0.05) is 16.9 Å². The molecule has 1 aromatic rings. The zero-order valence-corrected chi connectivity index (χ0v) is 11.4. The number of nitrogens with two attached hydrogens (primary N) is 1. The minimum Gasteiger partial charge on any atom is -0.369 e. The molecule has 0 aliphatic carbocycles. The summed E-state index contributed by atoms with van der Waals surface area (Å²) in [6, 6.07) is 7.89. The molecule has 1 aliphatic heterocycles. The van der Waals surface area contributed by atoms with E-state index in [4.69, 9.17) is 5.73 Å². The van der Waals surface area contributed by atoms with Crippen molar-refractivity contribution >= 4 is 27.7 Å². The number of primary amides is 1. The van der Waals surface area contributed by atoms with E-state index in [2.05, 4.69) is 21.2 Å². The Balaban J connectivity index is 1.95. The topological polar surface area (TPSA) is 72.2 Å². The van der Waals surface area contributed by atoms with Gasteiger partial charge in [-0.15, -0.1) is 0 Å². The van der Waals surface area contributed by atoms with Gasteiger partial charge in [0.15, 0.2) is 0 Å². The average molecular weight is 311 g/mol. The summed E-state index contributed by atoms with van der Waals surface area (Å²) in [5, 5.41) is 2.82. The number of nitrogens with one attached hydrogen (secondary N) is 1. The Bertz CT molecular complexity index is 459. The Morgan fingerprint density at radius 3 is 2.67 bits per heavy atom. The third kappa shape index (κ3) is 3.10. The normalized spacial score (nSPS) is 22.8. The highest BCUT2D eigenvalue weighted by atomic mass is 79.9. The van der Waals surface area contributed by atoms with Crippen molar-refractivity contribution in [3.05, 3.63) is 34.3 Å². The van der Waals surface area contributed by atoms with Crippen molar-refractivity contribution in [3.8, 4) is 0 Å². The van der Waals surface area contributed by atoms with E-state index in [0.29, 0.717) is 0 Å². The van der Waals surface area contributed by atoms with Gasteiger partial charge in [-0.1, -0.05) is 28.1 Å². The highest BCUT2D eigenvalue weighted by Crippen LogP contribution is 2.21. The van der Waals surface area contributed by atoms with Gasteiger partial charge < -0.3 is 11.1 Å². The van der Waals surface area contributed by atoms with Crippen LogP contribution in [-0.2, 0) is 16.0 Å². The number of carbonyl (C=O) groups is 2. The predicted molar refractivity (Wildman–Crippen MR) is 71.7 cm³/mol. The van der Waals surface area contributed by atoms with Gasteiger partial charge in [0.2, 0.25) is 11.8 Å². The smallest absolute Gasteiger partial charge is 0.223 e. The molecule has 1 aromatic carbocycles. The van der Waals surface area contributed by atoms with Crippen LogP contribution in [0.5, 0.6) is 0 Å². The van der Waals surface area contributed by atoms with Crippen LogP contribution in [0.15, 0.2) is 28.7 Å². The second-order valence-electron chi connectivity index (χ2n) is 4.55. The average Bonchev–Trinajstić information content (AvgIpc) is 2.70. The van der Waals surface area contributed by atoms with Crippen LogP contribution in [0.4, 0.5) is 0 Å². The molecule has 1 heterocycles. The summed E-state index contributed by atoms with van der Waals surface area (Å²) in [6.07, 6.45) is 1.78. The number of halogens is 1. The number of rotatable bonds is 4. The fourth-order valence-corrected chi connectivity index (χ4v) is 2.52. The molecule has 1 fully saturated rings. The molecule has 2 amide bonds. The molecular formula is C13H15BrN2O2. The van der Waals surface area contributed by atoms with Crippen LogP contribution < -0.4 is 11.1 Å². The summed E-state index contributed by atoms with van der Waals surface area (Å²) in [7, 11) is 0. The summed E-state index contributed by atoms with van der Waals surface area (Å²) < 4.78 is 1.04. The molecule has 1 aliphatic rings. The fraction of sp³-hybridized carbons (Fsp3) is 0.385. The fourth-order valence-electron chi connectivity index (χ4n) is 2.25. The molecule has 0 radical (unpaired) electrons. The monoisotopic (exact) mass is 310 g/mol. The van der Waals surface area contributed by atoms with Crippen molar-refractivity contribution in [3.63, 3.8) is 0 Å². The van der Waals surface area contributed by atoms with Crippen LogP contribution >= 0.6 is 15.9 Å². The van der Waals surface area contributed by atoms with E-state index in [0.717, 1.165) is 17.3 Å². The van der Waals surface area contributed by atoms with Crippen LogP contribution in [0.25, 0.3) is 0 Å². The lowest BCUT2D eigenvalue weighted by molar-refractivity contribution is -0.124. The maximum atomic E-state index is 11.3. The Labute approximate surface area is 114 Å². The minimum atomic E-state index is -0.394. The molecule has 0 spiro atoms. The van der Waals surface area contributed by atoms with Gasteiger partial charge in [0.1, 0.15) is 0 Å². The van der Waals surface area contributed by atoms with E-state index in [-0.39, 0.29) is 24.3 Å². The SMILES string of the molecule is NC(=O)C1CC(=O)NC1CCc1ccc(Br)cc1. The maximum Gasteiger partial charge on any atom is 0.223 e. The lowest BCUT2D eigenvalue weighted by atomic mass is 9.94. The summed E-state index contributed by atoms with van der Waals surface area (Å²) in [4.78, 5) is 22.5. The van der Waals surface area contributed by atoms with Crippen LogP contribution in [0.3, 0.4) is 0 Å². The third-order valence-corrected chi connectivity index (χ3v) is 3.79. The van der Waals surface area contributed by atoms with Crippen LogP contribution in [0.2, 0.25) is 0 Å². The first-order valence-electron chi connectivity index (χ1n) is 5.89. The number of carbonyl (C=O) groups excluding carboxylic acids is 2. The van der Waals surface area contributed by atoms with Gasteiger partial charge in [-0.3, -0.25) is 9.59 Å². The lowest BCUT2D eigenvalue weighted by Gasteiger charge is -2.15. The molecule has 1 saturated heterocycles. The van der Waals surface area contributed by atoms with Gasteiger partial charge in [-0.2, -0.15) is 0 Å². The van der Waals surface area contributed by atoms with Crippen molar-refractivity contribution in [2.75, 3.05) is 0 Å². The number of hydrogen-bond acceptors (Lipinski definition) is 2. The molecule has 18 heavy (non-hydrogen) atoms. The van der Waals surface area contributed by atoms with Crippen LogP contribution in [-0.4, -0.2) is 17.9 Å². The second kappa shape index (κ2) is 5.52.